The molecule has 0 saturated heterocycles. The van der Waals surface area contributed by atoms with E-state index in [1.165, 1.54) is 6.07 Å². The number of halogens is 2. The molecule has 0 fully saturated rings. The first kappa shape index (κ1) is 20.5. The van der Waals surface area contributed by atoms with Crippen molar-refractivity contribution < 1.29 is 27.4 Å². The summed E-state index contributed by atoms with van der Waals surface area (Å²) < 4.78 is 46.2. The minimum absolute atomic E-state index is 0.00575. The van der Waals surface area contributed by atoms with Crippen molar-refractivity contribution in [1.29, 1.82) is 0 Å². The van der Waals surface area contributed by atoms with Gasteiger partial charge in [-0.05, 0) is 18.2 Å². The Kier molecular flexibility index (Phi) is 6.16. The van der Waals surface area contributed by atoms with Crippen LogP contribution in [-0.2, 0) is 13.1 Å². The fourth-order valence-corrected chi connectivity index (χ4v) is 2.98. The number of guanidine groups is 1. The van der Waals surface area contributed by atoms with E-state index >= 15 is 0 Å². The number of rotatable bonds is 7. The number of hydrogen-bond donors (Lipinski definition) is 2. The van der Waals surface area contributed by atoms with Gasteiger partial charge in [0.25, 0.3) is 0 Å². The van der Waals surface area contributed by atoms with Gasteiger partial charge in [-0.1, -0.05) is 18.2 Å². The van der Waals surface area contributed by atoms with Crippen molar-refractivity contribution in [2.75, 3.05) is 13.8 Å². The van der Waals surface area contributed by atoms with Gasteiger partial charge in [-0.3, -0.25) is 4.99 Å². The Bertz CT molecular complexity index is 1060. The third-order valence-corrected chi connectivity index (χ3v) is 4.45. The highest BCUT2D eigenvalue weighted by Crippen LogP contribution is 2.38. The Morgan fingerprint density at radius 2 is 1.87 bits per heavy atom. The molecular weight excluding hydrogens is 410 g/mol. The maximum atomic E-state index is 12.8. The highest BCUT2D eigenvalue weighted by molar-refractivity contribution is 5.79. The van der Waals surface area contributed by atoms with Crippen LogP contribution in [0.3, 0.4) is 0 Å². The van der Waals surface area contributed by atoms with E-state index in [1.54, 1.807) is 19.4 Å². The summed E-state index contributed by atoms with van der Waals surface area (Å²) in [5, 5.41) is 6.16. The summed E-state index contributed by atoms with van der Waals surface area (Å²) in [4.78, 5) is 8.58. The van der Waals surface area contributed by atoms with Crippen LogP contribution in [0.4, 0.5) is 8.78 Å². The second-order valence-corrected chi connectivity index (χ2v) is 6.48. The van der Waals surface area contributed by atoms with Gasteiger partial charge in [0.15, 0.2) is 17.5 Å². The van der Waals surface area contributed by atoms with E-state index in [-0.39, 0.29) is 19.1 Å². The van der Waals surface area contributed by atoms with Gasteiger partial charge in [0.2, 0.25) is 12.7 Å². The number of alkyl halides is 2. The van der Waals surface area contributed by atoms with Crippen molar-refractivity contribution >= 4 is 5.96 Å². The van der Waals surface area contributed by atoms with Gasteiger partial charge < -0.3 is 29.3 Å². The van der Waals surface area contributed by atoms with E-state index in [9.17, 15) is 8.78 Å². The van der Waals surface area contributed by atoms with E-state index in [4.69, 9.17) is 13.9 Å². The van der Waals surface area contributed by atoms with Gasteiger partial charge in [0.05, 0.1) is 12.2 Å². The van der Waals surface area contributed by atoms with E-state index < -0.39 is 6.61 Å². The summed E-state index contributed by atoms with van der Waals surface area (Å²) in [6.45, 7) is -2.39. The molecule has 0 radical (unpaired) electrons. The molecule has 1 aromatic heterocycles. The Hall–Kier alpha value is -3.82. The summed E-state index contributed by atoms with van der Waals surface area (Å²) in [6, 6.07) is 12.5. The summed E-state index contributed by atoms with van der Waals surface area (Å²) in [7, 11) is 1.60. The first-order chi connectivity index (χ1) is 15.1. The molecule has 0 saturated carbocycles. The van der Waals surface area contributed by atoms with Gasteiger partial charge in [-0.15, -0.1) is 0 Å². The lowest BCUT2D eigenvalue weighted by atomic mass is 10.1. The molecule has 31 heavy (non-hydrogen) atoms. The number of oxazole rings is 1. The minimum atomic E-state index is -2.96. The van der Waals surface area contributed by atoms with Gasteiger partial charge >= 0.3 is 6.61 Å². The van der Waals surface area contributed by atoms with Crippen LogP contribution in [-0.4, -0.2) is 31.4 Å². The van der Waals surface area contributed by atoms with Gasteiger partial charge in [-0.25, -0.2) is 4.98 Å². The molecule has 2 N–H and O–H groups in total. The van der Waals surface area contributed by atoms with Crippen molar-refractivity contribution in [1.82, 2.24) is 15.6 Å². The first-order valence-corrected chi connectivity index (χ1v) is 9.44. The lowest BCUT2D eigenvalue weighted by Crippen LogP contribution is -2.36. The SMILES string of the molecule is CN=C(NCc1coc(-c2ccccc2)n1)NCc1cc2c(cc1OC(F)F)OCO2. The van der Waals surface area contributed by atoms with Gasteiger partial charge in [-0.2, -0.15) is 8.78 Å². The zero-order valence-electron chi connectivity index (χ0n) is 16.6. The molecule has 2 aromatic carbocycles. The van der Waals surface area contributed by atoms with Gasteiger partial charge in [0.1, 0.15) is 12.0 Å². The van der Waals surface area contributed by atoms with Crippen LogP contribution in [0.5, 0.6) is 17.2 Å². The summed E-state index contributed by atoms with van der Waals surface area (Å²) in [5.41, 5.74) is 2.04. The number of nitrogens with one attached hydrogen (secondary N) is 2. The predicted molar refractivity (Wildman–Crippen MR) is 108 cm³/mol. The Labute approximate surface area is 176 Å². The van der Waals surface area contributed by atoms with Crippen molar-refractivity contribution in [2.24, 2.45) is 4.99 Å². The molecule has 8 nitrogen and oxygen atoms in total. The zero-order chi connectivity index (χ0) is 21.6. The Morgan fingerprint density at radius 3 is 2.61 bits per heavy atom. The number of benzene rings is 2. The summed E-state index contributed by atoms with van der Waals surface area (Å²) >= 11 is 0. The fourth-order valence-electron chi connectivity index (χ4n) is 2.98. The second kappa shape index (κ2) is 9.33. The number of nitrogens with zero attached hydrogens (tertiary/aromatic N) is 2. The maximum Gasteiger partial charge on any atom is 0.387 e. The topological polar surface area (TPSA) is 90.1 Å². The third kappa shape index (κ3) is 5.03. The van der Waals surface area contributed by atoms with Crippen LogP contribution in [0.1, 0.15) is 11.3 Å². The Morgan fingerprint density at radius 1 is 1.13 bits per heavy atom. The minimum Gasteiger partial charge on any atom is -0.454 e. The molecule has 2 heterocycles. The third-order valence-electron chi connectivity index (χ3n) is 4.45. The number of aromatic nitrogens is 1. The van der Waals surface area contributed by atoms with Crippen molar-refractivity contribution in [2.45, 2.75) is 19.7 Å². The van der Waals surface area contributed by atoms with E-state index in [2.05, 4.69) is 25.3 Å². The summed E-state index contributed by atoms with van der Waals surface area (Å²) in [5.74, 6) is 1.81. The lowest BCUT2D eigenvalue weighted by molar-refractivity contribution is -0.0505. The Balaban J connectivity index is 1.38. The van der Waals surface area contributed by atoms with E-state index in [0.717, 1.165) is 5.56 Å². The predicted octanol–water partition coefficient (Wildman–Crippen LogP) is 3.54. The van der Waals surface area contributed by atoms with Crippen molar-refractivity contribution in [3.05, 3.63) is 60.0 Å². The first-order valence-electron chi connectivity index (χ1n) is 9.44. The molecule has 1 aliphatic rings. The maximum absolute atomic E-state index is 12.8. The molecule has 162 valence electrons. The smallest absolute Gasteiger partial charge is 0.387 e. The number of ether oxygens (including phenoxy) is 3. The second-order valence-electron chi connectivity index (χ2n) is 6.48. The normalized spacial score (nSPS) is 12.8. The van der Waals surface area contributed by atoms with E-state index in [1.807, 2.05) is 30.3 Å². The molecule has 10 heteroatoms. The molecule has 0 spiro atoms. The molecule has 1 aliphatic heterocycles. The molecule has 3 aromatic rings. The fraction of sp³-hybridized carbons (Fsp3) is 0.238. The summed E-state index contributed by atoms with van der Waals surface area (Å²) in [6.07, 6.45) is 1.56. The molecular formula is C21H20F2N4O4. The van der Waals surface area contributed by atoms with Crippen LogP contribution < -0.4 is 24.8 Å². The van der Waals surface area contributed by atoms with Crippen LogP contribution in [0.15, 0.2) is 58.1 Å². The van der Waals surface area contributed by atoms with Gasteiger partial charge in [0, 0.05) is 30.8 Å². The van der Waals surface area contributed by atoms with Crippen molar-refractivity contribution in [3.8, 4) is 28.7 Å². The molecule has 0 unspecified atom stereocenters. The highest BCUT2D eigenvalue weighted by Gasteiger charge is 2.20. The van der Waals surface area contributed by atoms with Crippen LogP contribution >= 0.6 is 0 Å². The molecule has 0 atom stereocenters. The number of aliphatic imine (C=N–C) groups is 1. The standard InChI is InChI=1S/C21H20F2N4O4/c1-24-21(26-10-15-11-28-19(27-15)13-5-3-2-4-6-13)25-9-14-7-17-18(30-12-29-17)8-16(14)31-20(22)23/h2-8,11,20H,9-10,12H2,1H3,(H2,24,25,26). The van der Waals surface area contributed by atoms with E-state index in [0.29, 0.717) is 41.2 Å². The van der Waals surface area contributed by atoms with Crippen LogP contribution in [0.25, 0.3) is 11.5 Å². The molecule has 4 rings (SSSR count). The zero-order valence-corrected chi connectivity index (χ0v) is 16.6. The quantitative estimate of drug-likeness (QED) is 0.438. The van der Waals surface area contributed by atoms with Crippen LogP contribution in [0, 0.1) is 0 Å². The monoisotopic (exact) mass is 430 g/mol. The molecule has 0 aliphatic carbocycles. The average Bonchev–Trinajstić information content (AvgIpc) is 3.43. The highest BCUT2D eigenvalue weighted by atomic mass is 19.3. The number of hydrogen-bond acceptors (Lipinski definition) is 6. The largest absolute Gasteiger partial charge is 0.454 e. The molecule has 0 amide bonds. The molecule has 0 bridgehead atoms. The average molecular weight is 430 g/mol. The van der Waals surface area contributed by atoms with Crippen molar-refractivity contribution in [3.63, 3.8) is 0 Å². The number of fused-ring (bicyclic) bond motifs is 1. The van der Waals surface area contributed by atoms with Crippen LogP contribution in [0.2, 0.25) is 0 Å². The lowest BCUT2D eigenvalue weighted by Gasteiger charge is -2.15.